The molecule has 8 heteroatoms. The van der Waals surface area contributed by atoms with Gasteiger partial charge in [0.1, 0.15) is 0 Å². The van der Waals surface area contributed by atoms with Gasteiger partial charge >= 0.3 is 0 Å². The molecule has 1 atom stereocenters. The van der Waals surface area contributed by atoms with Gasteiger partial charge in [0.25, 0.3) is 0 Å². The Labute approximate surface area is 150 Å². The summed E-state index contributed by atoms with van der Waals surface area (Å²) in [4.78, 5) is 19.0. The molecule has 1 aliphatic rings. The van der Waals surface area contributed by atoms with Crippen molar-refractivity contribution in [2.75, 3.05) is 26.8 Å². The summed E-state index contributed by atoms with van der Waals surface area (Å²) in [5.74, 6) is -2.21. The summed E-state index contributed by atoms with van der Waals surface area (Å²) in [6.07, 6.45) is 1.70. The number of amides is 1. The van der Waals surface area contributed by atoms with Crippen molar-refractivity contribution >= 4 is 5.91 Å². The van der Waals surface area contributed by atoms with Crippen molar-refractivity contribution in [2.24, 2.45) is 7.05 Å². The minimum absolute atomic E-state index is 0.0955. The summed E-state index contributed by atoms with van der Waals surface area (Å²) in [5, 5.41) is 2.87. The Hall–Kier alpha value is -2.32. The Balaban J connectivity index is 1.77. The van der Waals surface area contributed by atoms with Gasteiger partial charge < -0.3 is 14.6 Å². The van der Waals surface area contributed by atoms with Crippen molar-refractivity contribution in [3.05, 3.63) is 53.1 Å². The summed E-state index contributed by atoms with van der Waals surface area (Å²) in [6.45, 7) is 2.31. The second-order valence-electron chi connectivity index (χ2n) is 6.44. The first-order chi connectivity index (χ1) is 12.5. The fourth-order valence-electron chi connectivity index (χ4n) is 3.30. The van der Waals surface area contributed by atoms with Crippen molar-refractivity contribution < 1.29 is 18.3 Å². The van der Waals surface area contributed by atoms with Crippen LogP contribution in [-0.4, -0.2) is 47.2 Å². The number of hydrogen-bond donors (Lipinski definition) is 1. The molecule has 26 heavy (non-hydrogen) atoms. The molecule has 0 spiro atoms. The lowest BCUT2D eigenvalue weighted by molar-refractivity contribution is -0.123. The first-order valence-corrected chi connectivity index (χ1v) is 8.42. The largest absolute Gasteiger partial charge is 0.383 e. The molecule has 1 amide bonds. The van der Waals surface area contributed by atoms with Gasteiger partial charge in [0.2, 0.25) is 5.91 Å². The van der Waals surface area contributed by atoms with Crippen molar-refractivity contribution in [2.45, 2.75) is 19.0 Å². The number of carbonyl (C=O) groups is 1. The summed E-state index contributed by atoms with van der Waals surface area (Å²) in [7, 11) is 3.45. The van der Waals surface area contributed by atoms with E-state index in [4.69, 9.17) is 4.74 Å². The van der Waals surface area contributed by atoms with E-state index in [0.717, 1.165) is 17.5 Å². The first kappa shape index (κ1) is 18.5. The molecule has 6 nitrogen and oxygen atoms in total. The molecule has 0 aliphatic carbocycles. The number of ether oxygens (including phenoxy) is 1. The number of halogens is 2. The SMILES string of the molecule is COCCNC(=O)[C@H]1CN(Cc2ccc(F)c(F)c2)Cc2ncn(C)c21. The predicted molar refractivity (Wildman–Crippen MR) is 91.3 cm³/mol. The fourth-order valence-corrected chi connectivity index (χ4v) is 3.30. The number of benzene rings is 1. The summed E-state index contributed by atoms with van der Waals surface area (Å²) in [6, 6.07) is 3.87. The predicted octanol–water partition coefficient (Wildman–Crippen LogP) is 1.56. The van der Waals surface area contributed by atoms with Crippen LogP contribution in [0, 0.1) is 11.6 Å². The maximum atomic E-state index is 13.5. The van der Waals surface area contributed by atoms with Gasteiger partial charge in [0, 0.05) is 40.3 Å². The number of carbonyl (C=O) groups excluding carboxylic acids is 1. The van der Waals surface area contributed by atoms with E-state index in [1.807, 2.05) is 16.5 Å². The topological polar surface area (TPSA) is 59.4 Å². The van der Waals surface area contributed by atoms with Gasteiger partial charge in [-0.2, -0.15) is 0 Å². The Bertz CT molecular complexity index is 793. The minimum atomic E-state index is -0.869. The molecule has 0 saturated heterocycles. The minimum Gasteiger partial charge on any atom is -0.383 e. The summed E-state index contributed by atoms with van der Waals surface area (Å²) in [5.41, 5.74) is 2.37. The smallest absolute Gasteiger partial charge is 0.230 e. The average Bonchev–Trinajstić information content (AvgIpc) is 2.99. The number of hydrogen-bond acceptors (Lipinski definition) is 4. The highest BCUT2D eigenvalue weighted by Crippen LogP contribution is 2.28. The van der Waals surface area contributed by atoms with Gasteiger partial charge in [-0.15, -0.1) is 0 Å². The molecule has 2 heterocycles. The Morgan fingerprint density at radius 2 is 2.19 bits per heavy atom. The number of aromatic nitrogens is 2. The highest BCUT2D eigenvalue weighted by atomic mass is 19.2. The Morgan fingerprint density at radius 1 is 1.38 bits per heavy atom. The number of rotatable bonds is 6. The van der Waals surface area contributed by atoms with E-state index < -0.39 is 11.6 Å². The number of nitrogens with one attached hydrogen (secondary N) is 1. The molecule has 0 bridgehead atoms. The molecular formula is C18H22F2N4O2. The van der Waals surface area contributed by atoms with Crippen molar-refractivity contribution in [3.8, 4) is 0 Å². The molecule has 1 aliphatic heterocycles. The van der Waals surface area contributed by atoms with Crippen molar-refractivity contribution in [1.82, 2.24) is 19.8 Å². The molecule has 140 valence electrons. The summed E-state index contributed by atoms with van der Waals surface area (Å²) < 4.78 is 33.4. The van der Waals surface area contributed by atoms with Crippen LogP contribution in [-0.2, 0) is 29.7 Å². The second-order valence-corrected chi connectivity index (χ2v) is 6.44. The third kappa shape index (κ3) is 3.91. The molecule has 0 radical (unpaired) electrons. The highest BCUT2D eigenvalue weighted by Gasteiger charge is 2.33. The number of fused-ring (bicyclic) bond motifs is 1. The zero-order valence-electron chi connectivity index (χ0n) is 14.8. The molecule has 0 fully saturated rings. The lowest BCUT2D eigenvalue weighted by Crippen LogP contribution is -2.42. The normalized spacial score (nSPS) is 17.2. The van der Waals surface area contributed by atoms with Crippen LogP contribution in [0.5, 0.6) is 0 Å². The molecule has 1 aromatic heterocycles. The number of methoxy groups -OCH3 is 1. The van der Waals surface area contributed by atoms with Crippen LogP contribution in [0.25, 0.3) is 0 Å². The van der Waals surface area contributed by atoms with E-state index in [1.165, 1.54) is 6.07 Å². The van der Waals surface area contributed by atoms with Crippen LogP contribution in [0.4, 0.5) is 8.78 Å². The van der Waals surface area contributed by atoms with E-state index >= 15 is 0 Å². The van der Waals surface area contributed by atoms with Gasteiger partial charge in [-0.05, 0) is 17.7 Å². The number of imidazole rings is 1. The van der Waals surface area contributed by atoms with Crippen molar-refractivity contribution in [1.29, 1.82) is 0 Å². The van der Waals surface area contributed by atoms with Gasteiger partial charge in [-0.25, -0.2) is 13.8 Å². The molecule has 2 aromatic rings. The zero-order chi connectivity index (χ0) is 18.7. The van der Waals surface area contributed by atoms with Gasteiger partial charge in [-0.1, -0.05) is 6.07 Å². The Morgan fingerprint density at radius 3 is 2.92 bits per heavy atom. The van der Waals surface area contributed by atoms with Gasteiger partial charge in [-0.3, -0.25) is 9.69 Å². The van der Waals surface area contributed by atoms with E-state index in [-0.39, 0.29) is 11.8 Å². The lowest BCUT2D eigenvalue weighted by Gasteiger charge is -2.32. The second kappa shape index (κ2) is 7.92. The molecule has 0 unspecified atom stereocenters. The maximum Gasteiger partial charge on any atom is 0.230 e. The van der Waals surface area contributed by atoms with Crippen LogP contribution >= 0.6 is 0 Å². The van der Waals surface area contributed by atoms with Crippen LogP contribution in [0.3, 0.4) is 0 Å². The third-order valence-corrected chi connectivity index (χ3v) is 4.52. The average molecular weight is 364 g/mol. The fraction of sp³-hybridized carbons (Fsp3) is 0.444. The monoisotopic (exact) mass is 364 g/mol. The van der Waals surface area contributed by atoms with E-state index in [0.29, 0.717) is 38.3 Å². The van der Waals surface area contributed by atoms with Crippen molar-refractivity contribution in [3.63, 3.8) is 0 Å². The maximum absolute atomic E-state index is 13.5. The molecule has 3 rings (SSSR count). The van der Waals surface area contributed by atoms with E-state index in [2.05, 4.69) is 10.3 Å². The van der Waals surface area contributed by atoms with E-state index in [1.54, 1.807) is 19.5 Å². The molecule has 1 aromatic carbocycles. The molecule has 0 saturated carbocycles. The zero-order valence-corrected chi connectivity index (χ0v) is 14.8. The number of nitrogens with zero attached hydrogens (tertiary/aromatic N) is 3. The first-order valence-electron chi connectivity index (χ1n) is 8.42. The van der Waals surface area contributed by atoms with E-state index in [9.17, 15) is 13.6 Å². The third-order valence-electron chi connectivity index (χ3n) is 4.52. The Kier molecular flexibility index (Phi) is 5.63. The van der Waals surface area contributed by atoms with Crippen LogP contribution in [0.15, 0.2) is 24.5 Å². The highest BCUT2D eigenvalue weighted by molar-refractivity contribution is 5.84. The van der Waals surface area contributed by atoms with Crippen LogP contribution < -0.4 is 5.32 Å². The summed E-state index contributed by atoms with van der Waals surface area (Å²) >= 11 is 0. The lowest BCUT2D eigenvalue weighted by atomic mass is 9.96. The standard InChI is InChI=1S/C18H22F2N4O2/c1-23-11-22-16-10-24(8-12-3-4-14(19)15(20)7-12)9-13(17(16)23)18(25)21-5-6-26-2/h3-4,7,11,13H,5-6,8-10H2,1-2H3,(H,21,25)/t13-/m0/s1. The van der Waals surface area contributed by atoms with Gasteiger partial charge in [0.15, 0.2) is 11.6 Å². The van der Waals surface area contributed by atoms with Gasteiger partial charge in [0.05, 0.1) is 30.2 Å². The van der Waals surface area contributed by atoms with Crippen LogP contribution in [0.1, 0.15) is 22.9 Å². The molecule has 1 N–H and O–H groups in total. The quantitative estimate of drug-likeness (QED) is 0.791. The molecular weight excluding hydrogens is 342 g/mol. The number of aryl methyl sites for hydroxylation is 1. The van der Waals surface area contributed by atoms with Crippen LogP contribution in [0.2, 0.25) is 0 Å².